The van der Waals surface area contributed by atoms with Crippen molar-refractivity contribution in [2.75, 3.05) is 5.73 Å². The van der Waals surface area contributed by atoms with Gasteiger partial charge in [-0.15, -0.1) is 0 Å². The van der Waals surface area contributed by atoms with Crippen molar-refractivity contribution in [1.82, 2.24) is 4.57 Å². The molecule has 0 aliphatic rings. The molecular formula is C11H7F2N3. The van der Waals surface area contributed by atoms with Crippen LogP contribution in [0.2, 0.25) is 0 Å². The van der Waals surface area contributed by atoms with Crippen molar-refractivity contribution in [3.63, 3.8) is 0 Å². The standard InChI is InChI=1S/C11H7F2N3/c12-7-4-9(13)11(15)10(5-7)16-3-1-2-8(16)6-14/h1-5H,15H2. The molecule has 0 bridgehead atoms. The average Bonchev–Trinajstić information content (AvgIpc) is 2.71. The van der Waals surface area contributed by atoms with Crippen LogP contribution in [0.25, 0.3) is 5.69 Å². The summed E-state index contributed by atoms with van der Waals surface area (Å²) in [6, 6.07) is 6.82. The maximum atomic E-state index is 13.2. The van der Waals surface area contributed by atoms with Crippen molar-refractivity contribution in [3.05, 3.63) is 47.8 Å². The molecule has 0 spiro atoms. The molecule has 16 heavy (non-hydrogen) atoms. The molecule has 2 N–H and O–H groups in total. The van der Waals surface area contributed by atoms with Gasteiger partial charge < -0.3 is 10.3 Å². The van der Waals surface area contributed by atoms with Crippen molar-refractivity contribution in [1.29, 1.82) is 5.26 Å². The molecule has 2 aromatic rings. The lowest BCUT2D eigenvalue weighted by Crippen LogP contribution is -2.03. The van der Waals surface area contributed by atoms with Crippen LogP contribution in [0.1, 0.15) is 5.69 Å². The highest BCUT2D eigenvalue weighted by atomic mass is 19.1. The lowest BCUT2D eigenvalue weighted by molar-refractivity contribution is 0.584. The molecule has 0 atom stereocenters. The maximum Gasteiger partial charge on any atom is 0.151 e. The molecule has 1 heterocycles. The minimum Gasteiger partial charge on any atom is -0.395 e. The molecule has 5 heteroatoms. The number of anilines is 1. The largest absolute Gasteiger partial charge is 0.395 e. The third-order valence-corrected chi connectivity index (χ3v) is 2.20. The smallest absolute Gasteiger partial charge is 0.151 e. The third-order valence-electron chi connectivity index (χ3n) is 2.20. The van der Waals surface area contributed by atoms with Gasteiger partial charge in [0.05, 0.1) is 11.4 Å². The van der Waals surface area contributed by atoms with Gasteiger partial charge in [0, 0.05) is 18.3 Å². The minimum absolute atomic E-state index is 0.124. The number of benzene rings is 1. The van der Waals surface area contributed by atoms with Gasteiger partial charge >= 0.3 is 0 Å². The first-order chi connectivity index (χ1) is 7.63. The van der Waals surface area contributed by atoms with Gasteiger partial charge in [0.1, 0.15) is 17.6 Å². The molecule has 1 aromatic heterocycles. The number of aromatic nitrogens is 1. The summed E-state index contributed by atoms with van der Waals surface area (Å²) in [6.45, 7) is 0. The van der Waals surface area contributed by atoms with Crippen LogP contribution < -0.4 is 5.73 Å². The summed E-state index contributed by atoms with van der Waals surface area (Å²) in [4.78, 5) is 0. The van der Waals surface area contributed by atoms with Crippen molar-refractivity contribution >= 4 is 5.69 Å². The number of nitrogens with zero attached hydrogens (tertiary/aromatic N) is 2. The fourth-order valence-corrected chi connectivity index (χ4v) is 1.45. The fraction of sp³-hybridized carbons (Fsp3) is 0. The Labute approximate surface area is 90.3 Å². The van der Waals surface area contributed by atoms with Crippen molar-refractivity contribution < 1.29 is 8.78 Å². The van der Waals surface area contributed by atoms with Gasteiger partial charge in [0.15, 0.2) is 5.82 Å². The number of nitriles is 1. The zero-order valence-electron chi connectivity index (χ0n) is 8.11. The van der Waals surface area contributed by atoms with Crippen LogP contribution in [-0.4, -0.2) is 4.57 Å². The number of nitrogen functional groups attached to an aromatic ring is 1. The topological polar surface area (TPSA) is 54.7 Å². The second-order valence-corrected chi connectivity index (χ2v) is 3.20. The van der Waals surface area contributed by atoms with Gasteiger partial charge in [0.25, 0.3) is 0 Å². The number of rotatable bonds is 1. The van der Waals surface area contributed by atoms with E-state index in [1.807, 2.05) is 6.07 Å². The number of hydrogen-bond donors (Lipinski definition) is 1. The third kappa shape index (κ3) is 1.50. The van der Waals surface area contributed by atoms with Gasteiger partial charge in [0.2, 0.25) is 0 Å². The highest BCUT2D eigenvalue weighted by Gasteiger charge is 2.11. The number of nitrogens with two attached hydrogens (primary N) is 1. The molecule has 0 aliphatic heterocycles. The summed E-state index contributed by atoms with van der Waals surface area (Å²) in [6.07, 6.45) is 1.52. The van der Waals surface area contributed by atoms with Gasteiger partial charge in [-0.1, -0.05) is 0 Å². The van der Waals surface area contributed by atoms with E-state index >= 15 is 0 Å². The highest BCUT2D eigenvalue weighted by molar-refractivity contribution is 5.60. The van der Waals surface area contributed by atoms with E-state index < -0.39 is 11.6 Å². The summed E-state index contributed by atoms with van der Waals surface area (Å²) in [5.41, 5.74) is 5.69. The lowest BCUT2D eigenvalue weighted by Gasteiger charge is -2.09. The van der Waals surface area contributed by atoms with Crippen LogP contribution in [0.5, 0.6) is 0 Å². The number of halogens is 2. The van der Waals surface area contributed by atoms with Crippen LogP contribution in [-0.2, 0) is 0 Å². The SMILES string of the molecule is N#Cc1cccn1-c1cc(F)cc(F)c1N. The van der Waals surface area contributed by atoms with Gasteiger partial charge in [-0.2, -0.15) is 5.26 Å². The minimum atomic E-state index is -0.840. The molecule has 80 valence electrons. The van der Waals surface area contributed by atoms with Crippen LogP contribution >= 0.6 is 0 Å². The van der Waals surface area contributed by atoms with Crippen molar-refractivity contribution in [2.45, 2.75) is 0 Å². The summed E-state index contributed by atoms with van der Waals surface area (Å²) in [7, 11) is 0. The van der Waals surface area contributed by atoms with Gasteiger partial charge in [-0.05, 0) is 12.1 Å². The summed E-state index contributed by atoms with van der Waals surface area (Å²) in [5.74, 6) is -1.58. The van der Waals surface area contributed by atoms with Crippen LogP contribution in [0.15, 0.2) is 30.5 Å². The molecule has 1 aromatic carbocycles. The van der Waals surface area contributed by atoms with Crippen molar-refractivity contribution in [2.24, 2.45) is 0 Å². The predicted molar refractivity (Wildman–Crippen MR) is 54.8 cm³/mol. The van der Waals surface area contributed by atoms with Gasteiger partial charge in [-0.25, -0.2) is 8.78 Å². The van der Waals surface area contributed by atoms with E-state index in [0.717, 1.165) is 6.07 Å². The Hall–Kier alpha value is -2.35. The molecule has 3 nitrogen and oxygen atoms in total. The maximum absolute atomic E-state index is 13.2. The van der Waals surface area contributed by atoms with E-state index in [1.165, 1.54) is 16.8 Å². The lowest BCUT2D eigenvalue weighted by atomic mass is 10.2. The quantitative estimate of drug-likeness (QED) is 0.747. The summed E-state index contributed by atoms with van der Waals surface area (Å²) < 4.78 is 27.6. The zero-order chi connectivity index (χ0) is 11.7. The molecule has 0 unspecified atom stereocenters. The monoisotopic (exact) mass is 219 g/mol. The van der Waals surface area contributed by atoms with Crippen LogP contribution in [0, 0.1) is 23.0 Å². The van der Waals surface area contributed by atoms with E-state index in [4.69, 9.17) is 11.0 Å². The molecule has 0 radical (unpaired) electrons. The van der Waals surface area contributed by atoms with E-state index in [1.54, 1.807) is 6.07 Å². The molecular weight excluding hydrogens is 212 g/mol. The van der Waals surface area contributed by atoms with Crippen molar-refractivity contribution in [3.8, 4) is 11.8 Å². The van der Waals surface area contributed by atoms with Crippen LogP contribution in [0.3, 0.4) is 0 Å². The normalized spacial score (nSPS) is 10.1. The molecule has 0 fully saturated rings. The molecule has 0 amide bonds. The summed E-state index contributed by atoms with van der Waals surface area (Å²) in [5, 5.41) is 8.80. The van der Waals surface area contributed by atoms with E-state index in [0.29, 0.717) is 6.07 Å². The Balaban J connectivity index is 2.70. The first kappa shape index (κ1) is 10.2. The Kier molecular flexibility index (Phi) is 2.33. The van der Waals surface area contributed by atoms with E-state index in [-0.39, 0.29) is 17.1 Å². The Bertz CT molecular complexity index is 581. The molecule has 0 saturated carbocycles. The summed E-state index contributed by atoms with van der Waals surface area (Å²) >= 11 is 0. The number of hydrogen-bond acceptors (Lipinski definition) is 2. The van der Waals surface area contributed by atoms with Gasteiger partial charge in [-0.3, -0.25) is 0 Å². The van der Waals surface area contributed by atoms with Crippen LogP contribution in [0.4, 0.5) is 14.5 Å². The highest BCUT2D eigenvalue weighted by Crippen LogP contribution is 2.23. The first-order valence-corrected chi connectivity index (χ1v) is 4.46. The zero-order valence-corrected chi connectivity index (χ0v) is 8.11. The first-order valence-electron chi connectivity index (χ1n) is 4.46. The second kappa shape index (κ2) is 3.66. The molecule has 2 rings (SSSR count). The Morgan fingerprint density at radius 3 is 2.75 bits per heavy atom. The predicted octanol–water partition coefficient (Wildman–Crippen LogP) is 2.21. The molecule has 0 saturated heterocycles. The average molecular weight is 219 g/mol. The molecule has 0 aliphatic carbocycles. The van der Waals surface area contributed by atoms with E-state index in [9.17, 15) is 8.78 Å². The Morgan fingerprint density at radius 1 is 1.31 bits per heavy atom. The second-order valence-electron chi connectivity index (χ2n) is 3.20. The Morgan fingerprint density at radius 2 is 2.06 bits per heavy atom. The van der Waals surface area contributed by atoms with E-state index in [2.05, 4.69) is 0 Å². The fourth-order valence-electron chi connectivity index (χ4n) is 1.45.